The summed E-state index contributed by atoms with van der Waals surface area (Å²) in [5.41, 5.74) is 2.45. The van der Waals surface area contributed by atoms with E-state index in [9.17, 15) is 13.2 Å². The lowest BCUT2D eigenvalue weighted by Crippen LogP contribution is -2.35. The maximum absolute atomic E-state index is 12.7. The molecule has 29 heavy (non-hydrogen) atoms. The van der Waals surface area contributed by atoms with E-state index < -0.39 is 15.9 Å². The normalized spacial score (nSPS) is 11.3. The number of ether oxygens (including phenoxy) is 1. The van der Waals surface area contributed by atoms with Crippen molar-refractivity contribution in [3.63, 3.8) is 0 Å². The van der Waals surface area contributed by atoms with Crippen molar-refractivity contribution in [1.82, 2.24) is 4.31 Å². The molecule has 0 aromatic heterocycles. The molecule has 0 aliphatic rings. The summed E-state index contributed by atoms with van der Waals surface area (Å²) < 4.78 is 31.5. The first kappa shape index (κ1) is 20.6. The fourth-order valence-corrected chi connectivity index (χ4v) is 3.99. The van der Waals surface area contributed by atoms with Crippen molar-refractivity contribution < 1.29 is 17.9 Å². The molecule has 0 saturated carbocycles. The number of sulfonamides is 1. The van der Waals surface area contributed by atoms with E-state index >= 15 is 0 Å². The van der Waals surface area contributed by atoms with Crippen LogP contribution >= 0.6 is 0 Å². The molecule has 0 radical (unpaired) electrons. The van der Waals surface area contributed by atoms with Gasteiger partial charge in [-0.05, 0) is 35.9 Å². The molecule has 0 heterocycles. The van der Waals surface area contributed by atoms with Gasteiger partial charge in [-0.2, -0.15) is 4.31 Å². The van der Waals surface area contributed by atoms with Crippen molar-refractivity contribution in [3.05, 3.63) is 78.9 Å². The van der Waals surface area contributed by atoms with Crippen LogP contribution in [0.15, 0.2) is 83.8 Å². The molecule has 3 rings (SSSR count). The van der Waals surface area contributed by atoms with E-state index in [0.717, 1.165) is 15.4 Å². The predicted octanol–water partition coefficient (Wildman–Crippen LogP) is 3.62. The van der Waals surface area contributed by atoms with Crippen molar-refractivity contribution in [2.24, 2.45) is 0 Å². The lowest BCUT2D eigenvalue weighted by molar-refractivity contribution is -0.116. The van der Waals surface area contributed by atoms with Gasteiger partial charge in [-0.25, -0.2) is 8.42 Å². The van der Waals surface area contributed by atoms with Crippen LogP contribution in [-0.4, -0.2) is 39.3 Å². The zero-order valence-electron chi connectivity index (χ0n) is 16.2. The molecule has 3 aromatic carbocycles. The number of carbonyl (C=O) groups excluding carboxylic acids is 1. The number of hydrogen-bond acceptors (Lipinski definition) is 4. The quantitative estimate of drug-likeness (QED) is 0.645. The van der Waals surface area contributed by atoms with Gasteiger partial charge in [-0.1, -0.05) is 48.5 Å². The Bertz CT molecular complexity index is 1080. The average molecular weight is 410 g/mol. The Kier molecular flexibility index (Phi) is 6.31. The second-order valence-electron chi connectivity index (χ2n) is 6.40. The van der Waals surface area contributed by atoms with E-state index in [1.807, 2.05) is 48.5 Å². The maximum Gasteiger partial charge on any atom is 0.243 e. The highest BCUT2D eigenvalue weighted by atomic mass is 32.2. The predicted molar refractivity (Wildman–Crippen MR) is 113 cm³/mol. The summed E-state index contributed by atoms with van der Waals surface area (Å²) in [5, 5.41) is 2.82. The number of nitrogens with one attached hydrogen (secondary N) is 1. The third-order valence-electron chi connectivity index (χ3n) is 4.42. The van der Waals surface area contributed by atoms with Crippen molar-refractivity contribution in [3.8, 4) is 16.9 Å². The summed E-state index contributed by atoms with van der Waals surface area (Å²) in [7, 11) is -0.912. The molecule has 1 N–H and O–H groups in total. The lowest BCUT2D eigenvalue weighted by atomic mass is 10.0. The number of amides is 1. The highest BCUT2D eigenvalue weighted by molar-refractivity contribution is 7.89. The molecule has 0 aliphatic carbocycles. The molecule has 1 amide bonds. The van der Waals surface area contributed by atoms with Gasteiger partial charge in [-0.15, -0.1) is 0 Å². The number of para-hydroxylation sites is 1. The minimum atomic E-state index is -3.80. The van der Waals surface area contributed by atoms with Crippen LogP contribution in [0.5, 0.6) is 5.75 Å². The lowest BCUT2D eigenvalue weighted by Gasteiger charge is -2.18. The Balaban J connectivity index is 1.74. The number of methoxy groups -OCH3 is 1. The third kappa shape index (κ3) is 4.82. The number of likely N-dealkylation sites (N-methyl/N-ethyl adjacent to an activating group) is 1. The van der Waals surface area contributed by atoms with Gasteiger partial charge in [0.2, 0.25) is 15.9 Å². The monoisotopic (exact) mass is 410 g/mol. The standard InChI is InChI=1S/C22H22N2O4S/c1-24(29(26,27)19-14-12-18(28-2)13-15-19)16-22(25)23-21-11-7-6-10-20(21)17-8-4-3-5-9-17/h3-15H,16H2,1-2H3,(H,23,25). The second kappa shape index (κ2) is 8.89. The zero-order valence-corrected chi connectivity index (χ0v) is 17.0. The molecule has 0 saturated heterocycles. The highest BCUT2D eigenvalue weighted by Crippen LogP contribution is 2.27. The summed E-state index contributed by atoms with van der Waals surface area (Å²) in [5.74, 6) is 0.134. The summed E-state index contributed by atoms with van der Waals surface area (Å²) in [6, 6.07) is 23.1. The molecule has 3 aromatic rings. The van der Waals surface area contributed by atoms with E-state index in [-0.39, 0.29) is 11.4 Å². The Morgan fingerprint density at radius 3 is 2.21 bits per heavy atom. The molecular formula is C22H22N2O4S. The molecule has 0 atom stereocenters. The average Bonchev–Trinajstić information content (AvgIpc) is 2.74. The Labute approximate surface area is 170 Å². The van der Waals surface area contributed by atoms with Crippen LogP contribution < -0.4 is 10.1 Å². The first-order valence-corrected chi connectivity index (χ1v) is 10.4. The summed E-state index contributed by atoms with van der Waals surface area (Å²) in [6.07, 6.45) is 0. The van der Waals surface area contributed by atoms with Gasteiger partial charge in [0.05, 0.1) is 18.6 Å². The first-order chi connectivity index (χ1) is 13.9. The van der Waals surface area contributed by atoms with Gasteiger partial charge in [0.25, 0.3) is 0 Å². The molecular weight excluding hydrogens is 388 g/mol. The Morgan fingerprint density at radius 1 is 0.931 bits per heavy atom. The van der Waals surface area contributed by atoms with Crippen molar-refractivity contribution in [1.29, 1.82) is 0 Å². The smallest absolute Gasteiger partial charge is 0.243 e. The number of anilines is 1. The SMILES string of the molecule is COc1ccc(S(=O)(=O)N(C)CC(=O)Nc2ccccc2-c2ccccc2)cc1. The summed E-state index contributed by atoms with van der Waals surface area (Å²) in [4.78, 5) is 12.6. The topological polar surface area (TPSA) is 75.7 Å². The number of benzene rings is 3. The molecule has 0 fully saturated rings. The van der Waals surface area contributed by atoms with Gasteiger partial charge < -0.3 is 10.1 Å². The van der Waals surface area contributed by atoms with E-state index in [4.69, 9.17) is 4.74 Å². The molecule has 0 unspecified atom stereocenters. The van der Waals surface area contributed by atoms with Crippen LogP contribution in [0.1, 0.15) is 0 Å². The van der Waals surface area contributed by atoms with Gasteiger partial charge in [-0.3, -0.25) is 4.79 Å². The summed E-state index contributed by atoms with van der Waals surface area (Å²) >= 11 is 0. The molecule has 0 aliphatic heterocycles. The Morgan fingerprint density at radius 2 is 1.55 bits per heavy atom. The molecule has 7 heteroatoms. The third-order valence-corrected chi connectivity index (χ3v) is 6.24. The largest absolute Gasteiger partial charge is 0.497 e. The number of carbonyl (C=O) groups is 1. The van der Waals surface area contributed by atoms with Crippen LogP contribution in [-0.2, 0) is 14.8 Å². The fraction of sp³-hybridized carbons (Fsp3) is 0.136. The van der Waals surface area contributed by atoms with E-state index in [1.54, 1.807) is 18.2 Å². The molecule has 6 nitrogen and oxygen atoms in total. The van der Waals surface area contributed by atoms with Crippen LogP contribution in [0.4, 0.5) is 5.69 Å². The van der Waals surface area contributed by atoms with Gasteiger partial charge in [0, 0.05) is 18.3 Å². The van der Waals surface area contributed by atoms with E-state index in [2.05, 4.69) is 5.32 Å². The second-order valence-corrected chi connectivity index (χ2v) is 8.44. The molecule has 0 bridgehead atoms. The number of hydrogen-bond donors (Lipinski definition) is 1. The van der Waals surface area contributed by atoms with Gasteiger partial charge in [0.15, 0.2) is 0 Å². The Hall–Kier alpha value is -3.16. The van der Waals surface area contributed by atoms with Gasteiger partial charge >= 0.3 is 0 Å². The summed E-state index contributed by atoms with van der Waals surface area (Å²) in [6.45, 7) is -0.308. The van der Waals surface area contributed by atoms with E-state index in [0.29, 0.717) is 11.4 Å². The van der Waals surface area contributed by atoms with Crippen molar-refractivity contribution in [2.75, 3.05) is 26.0 Å². The zero-order chi connectivity index (χ0) is 20.9. The minimum absolute atomic E-state index is 0.0956. The number of rotatable bonds is 7. The van der Waals surface area contributed by atoms with Crippen molar-refractivity contribution in [2.45, 2.75) is 4.90 Å². The fourth-order valence-electron chi connectivity index (χ4n) is 2.87. The minimum Gasteiger partial charge on any atom is -0.497 e. The van der Waals surface area contributed by atoms with E-state index in [1.165, 1.54) is 26.3 Å². The maximum atomic E-state index is 12.7. The van der Waals surface area contributed by atoms with Crippen LogP contribution in [0, 0.1) is 0 Å². The van der Waals surface area contributed by atoms with Crippen LogP contribution in [0.2, 0.25) is 0 Å². The first-order valence-electron chi connectivity index (χ1n) is 8.96. The van der Waals surface area contributed by atoms with Crippen LogP contribution in [0.25, 0.3) is 11.1 Å². The van der Waals surface area contributed by atoms with Gasteiger partial charge in [0.1, 0.15) is 5.75 Å². The number of nitrogens with zero attached hydrogens (tertiary/aromatic N) is 1. The highest BCUT2D eigenvalue weighted by Gasteiger charge is 2.23. The van der Waals surface area contributed by atoms with Crippen LogP contribution in [0.3, 0.4) is 0 Å². The van der Waals surface area contributed by atoms with Crippen molar-refractivity contribution >= 4 is 21.6 Å². The molecule has 0 spiro atoms. The molecule has 150 valence electrons.